The van der Waals surface area contributed by atoms with Crippen molar-refractivity contribution < 1.29 is 13.6 Å². The van der Waals surface area contributed by atoms with Crippen LogP contribution < -0.4 is 10.6 Å². The number of halogens is 2. The van der Waals surface area contributed by atoms with Crippen molar-refractivity contribution >= 4 is 63.2 Å². The van der Waals surface area contributed by atoms with E-state index in [4.69, 9.17) is 44.3 Å². The minimum atomic E-state index is -0.502. The Morgan fingerprint density at radius 2 is 1.80 bits per heavy atom. The number of thiocarbonyl (C=S) groups is 1. The number of aryl methyl sites for hydroxylation is 1. The van der Waals surface area contributed by atoms with E-state index in [0.717, 1.165) is 16.6 Å². The second kappa shape index (κ2) is 9.54. The Morgan fingerprint density at radius 1 is 0.971 bits per heavy atom. The highest BCUT2D eigenvalue weighted by molar-refractivity contribution is 7.80. The van der Waals surface area contributed by atoms with Gasteiger partial charge in [-0.1, -0.05) is 41.4 Å². The van der Waals surface area contributed by atoms with Gasteiger partial charge in [-0.15, -0.1) is 0 Å². The number of fused-ring (bicyclic) bond motifs is 1. The van der Waals surface area contributed by atoms with Crippen LogP contribution >= 0.6 is 35.4 Å². The minimum Gasteiger partial charge on any atom is -0.451 e. The fourth-order valence-electron chi connectivity index (χ4n) is 3.52. The van der Waals surface area contributed by atoms with Gasteiger partial charge in [0.25, 0.3) is 5.91 Å². The lowest BCUT2D eigenvalue weighted by Gasteiger charge is -2.09. The number of carbonyl (C=O) groups is 1. The summed E-state index contributed by atoms with van der Waals surface area (Å²) in [6.45, 7) is 2.00. The summed E-state index contributed by atoms with van der Waals surface area (Å²) in [5, 5.41) is 6.47. The molecule has 0 unspecified atom stereocenters. The van der Waals surface area contributed by atoms with Crippen molar-refractivity contribution in [2.24, 2.45) is 0 Å². The molecule has 0 aliphatic heterocycles. The molecule has 35 heavy (non-hydrogen) atoms. The summed E-state index contributed by atoms with van der Waals surface area (Å²) in [4.78, 5) is 17.2. The van der Waals surface area contributed by atoms with Crippen LogP contribution in [0.4, 0.5) is 5.69 Å². The van der Waals surface area contributed by atoms with Crippen LogP contribution in [-0.4, -0.2) is 16.0 Å². The number of nitrogens with one attached hydrogen (secondary N) is 2. The highest BCUT2D eigenvalue weighted by atomic mass is 35.5. The Labute approximate surface area is 215 Å². The summed E-state index contributed by atoms with van der Waals surface area (Å²) < 4.78 is 11.5. The molecule has 0 spiro atoms. The van der Waals surface area contributed by atoms with E-state index in [9.17, 15) is 4.79 Å². The van der Waals surface area contributed by atoms with E-state index >= 15 is 0 Å². The van der Waals surface area contributed by atoms with Gasteiger partial charge in [0.05, 0.1) is 10.0 Å². The number of oxazole rings is 1. The standard InChI is InChI=1S/C26H17Cl2N3O3S/c1-14-8-9-21-19(12-14)30-25(34-21)15-4-2-5-16(13-15)29-26(35)31-24(32)22-11-10-20(33-22)17-6-3-7-18(27)23(17)28/h2-13H,1H3,(H2,29,31,32,35). The predicted molar refractivity (Wildman–Crippen MR) is 142 cm³/mol. The van der Waals surface area contributed by atoms with Gasteiger partial charge in [0, 0.05) is 16.8 Å². The SMILES string of the molecule is Cc1ccc2oc(-c3cccc(NC(=S)NC(=O)c4ccc(-c5cccc(Cl)c5Cl)o4)c3)nc2c1. The Morgan fingerprint density at radius 3 is 2.66 bits per heavy atom. The molecule has 2 N–H and O–H groups in total. The van der Waals surface area contributed by atoms with Gasteiger partial charge in [0.1, 0.15) is 11.3 Å². The Balaban J connectivity index is 1.28. The van der Waals surface area contributed by atoms with Crippen LogP contribution in [-0.2, 0) is 0 Å². The summed E-state index contributed by atoms with van der Waals surface area (Å²) in [5.41, 5.74) is 4.63. The Kier molecular flexibility index (Phi) is 6.30. The molecule has 0 aliphatic rings. The first kappa shape index (κ1) is 23.1. The first-order valence-corrected chi connectivity index (χ1v) is 11.7. The maximum Gasteiger partial charge on any atom is 0.293 e. The average Bonchev–Trinajstić information content (AvgIpc) is 3.48. The predicted octanol–water partition coefficient (Wildman–Crippen LogP) is 7.50. The van der Waals surface area contributed by atoms with Crippen molar-refractivity contribution in [2.45, 2.75) is 6.92 Å². The van der Waals surface area contributed by atoms with Crippen LogP contribution in [0.1, 0.15) is 16.1 Å². The number of hydrogen-bond acceptors (Lipinski definition) is 5. The summed E-state index contributed by atoms with van der Waals surface area (Å²) in [5.74, 6) is 0.489. The lowest BCUT2D eigenvalue weighted by atomic mass is 10.2. The minimum absolute atomic E-state index is 0.0794. The molecule has 5 rings (SSSR count). The topological polar surface area (TPSA) is 80.3 Å². The second-order valence-electron chi connectivity index (χ2n) is 7.74. The number of furan rings is 1. The Bertz CT molecular complexity index is 1590. The number of aromatic nitrogens is 1. The molecule has 0 aliphatic carbocycles. The molecule has 0 bridgehead atoms. The van der Waals surface area contributed by atoms with Crippen LogP contribution in [0.3, 0.4) is 0 Å². The lowest BCUT2D eigenvalue weighted by Crippen LogP contribution is -2.33. The zero-order chi connectivity index (χ0) is 24.5. The van der Waals surface area contributed by atoms with Crippen molar-refractivity contribution in [3.05, 3.63) is 94.2 Å². The highest BCUT2D eigenvalue weighted by Crippen LogP contribution is 2.34. The first-order valence-electron chi connectivity index (χ1n) is 10.5. The maximum absolute atomic E-state index is 12.6. The lowest BCUT2D eigenvalue weighted by molar-refractivity contribution is 0.0951. The third-order valence-electron chi connectivity index (χ3n) is 5.18. The normalized spacial score (nSPS) is 10.9. The zero-order valence-electron chi connectivity index (χ0n) is 18.3. The zero-order valence-corrected chi connectivity index (χ0v) is 20.6. The molecular weight excluding hydrogens is 505 g/mol. The van der Waals surface area contributed by atoms with Gasteiger partial charge >= 0.3 is 0 Å². The van der Waals surface area contributed by atoms with Gasteiger partial charge in [-0.2, -0.15) is 0 Å². The molecule has 5 aromatic rings. The van der Waals surface area contributed by atoms with E-state index in [1.54, 1.807) is 30.3 Å². The fourth-order valence-corrected chi connectivity index (χ4v) is 4.12. The van der Waals surface area contributed by atoms with Gasteiger partial charge in [-0.25, -0.2) is 4.98 Å². The monoisotopic (exact) mass is 521 g/mol. The van der Waals surface area contributed by atoms with Crippen molar-refractivity contribution in [1.82, 2.24) is 10.3 Å². The summed E-state index contributed by atoms with van der Waals surface area (Å²) in [7, 11) is 0. The van der Waals surface area contributed by atoms with E-state index in [-0.39, 0.29) is 10.9 Å². The molecule has 2 aromatic heterocycles. The molecule has 1 amide bonds. The van der Waals surface area contributed by atoms with Gasteiger partial charge in [-0.05, 0) is 79.3 Å². The molecule has 0 saturated heterocycles. The van der Waals surface area contributed by atoms with Crippen LogP contribution in [0.2, 0.25) is 10.0 Å². The number of hydrogen-bond donors (Lipinski definition) is 2. The number of nitrogens with zero attached hydrogens (tertiary/aromatic N) is 1. The molecule has 2 heterocycles. The molecular formula is C26H17Cl2N3O3S. The maximum atomic E-state index is 12.6. The summed E-state index contributed by atoms with van der Waals surface area (Å²) >= 11 is 17.6. The fraction of sp³-hybridized carbons (Fsp3) is 0.0385. The third-order valence-corrected chi connectivity index (χ3v) is 6.21. The van der Waals surface area contributed by atoms with E-state index < -0.39 is 5.91 Å². The van der Waals surface area contributed by atoms with E-state index in [0.29, 0.717) is 38.5 Å². The van der Waals surface area contributed by atoms with Crippen LogP contribution in [0, 0.1) is 6.92 Å². The smallest absolute Gasteiger partial charge is 0.293 e. The number of carbonyl (C=O) groups excluding carboxylic acids is 1. The highest BCUT2D eigenvalue weighted by Gasteiger charge is 2.16. The van der Waals surface area contributed by atoms with Crippen LogP contribution in [0.25, 0.3) is 33.9 Å². The van der Waals surface area contributed by atoms with Crippen molar-refractivity contribution in [3.8, 4) is 22.8 Å². The molecule has 0 radical (unpaired) electrons. The molecule has 6 nitrogen and oxygen atoms in total. The molecule has 3 aromatic carbocycles. The largest absolute Gasteiger partial charge is 0.451 e. The van der Waals surface area contributed by atoms with Crippen molar-refractivity contribution in [1.29, 1.82) is 0 Å². The molecule has 0 fully saturated rings. The van der Waals surface area contributed by atoms with Crippen molar-refractivity contribution in [2.75, 3.05) is 5.32 Å². The number of benzene rings is 3. The third kappa shape index (κ3) is 4.93. The van der Waals surface area contributed by atoms with Gasteiger partial charge in [0.15, 0.2) is 16.5 Å². The summed E-state index contributed by atoms with van der Waals surface area (Å²) in [6, 6.07) is 21.6. The van der Waals surface area contributed by atoms with E-state index in [1.165, 1.54) is 0 Å². The van der Waals surface area contributed by atoms with Gasteiger partial charge in [0.2, 0.25) is 5.89 Å². The van der Waals surface area contributed by atoms with E-state index in [1.807, 2.05) is 49.4 Å². The Hall–Kier alpha value is -3.65. The van der Waals surface area contributed by atoms with Crippen molar-refractivity contribution in [3.63, 3.8) is 0 Å². The second-order valence-corrected chi connectivity index (χ2v) is 8.94. The average molecular weight is 522 g/mol. The van der Waals surface area contributed by atoms with Gasteiger partial charge in [-0.3, -0.25) is 10.1 Å². The summed E-state index contributed by atoms with van der Waals surface area (Å²) in [6.07, 6.45) is 0. The van der Waals surface area contributed by atoms with Gasteiger partial charge < -0.3 is 14.2 Å². The van der Waals surface area contributed by atoms with Crippen LogP contribution in [0.5, 0.6) is 0 Å². The number of anilines is 1. The van der Waals surface area contributed by atoms with Crippen LogP contribution in [0.15, 0.2) is 81.6 Å². The first-order chi connectivity index (χ1) is 16.9. The molecule has 0 atom stereocenters. The molecule has 9 heteroatoms. The molecule has 0 saturated carbocycles. The molecule has 174 valence electrons. The van der Waals surface area contributed by atoms with E-state index in [2.05, 4.69) is 15.6 Å². The number of amides is 1. The quantitative estimate of drug-likeness (QED) is 0.238. The number of rotatable bonds is 4.